The predicted octanol–water partition coefficient (Wildman–Crippen LogP) is 3.49. The number of aromatic nitrogens is 1. The van der Waals surface area contributed by atoms with Gasteiger partial charge in [-0.15, -0.1) is 0 Å². The Balaban J connectivity index is 1.58. The molecule has 0 spiro atoms. The Labute approximate surface area is 161 Å². The number of hydrogen-bond donors (Lipinski definition) is 1. The minimum Gasteiger partial charge on any atom is -0.482 e. The molecule has 1 aromatic carbocycles. The third-order valence-electron chi connectivity index (χ3n) is 5.15. The van der Waals surface area contributed by atoms with Gasteiger partial charge < -0.3 is 14.8 Å². The fourth-order valence-electron chi connectivity index (χ4n) is 3.95. The molecule has 0 bridgehead atoms. The van der Waals surface area contributed by atoms with Crippen LogP contribution >= 0.6 is 0 Å². The maximum atomic E-state index is 12.1. The highest BCUT2D eigenvalue weighted by Gasteiger charge is 2.41. The summed E-state index contributed by atoms with van der Waals surface area (Å²) < 4.78 is 11.4. The van der Waals surface area contributed by atoms with Gasteiger partial charge in [-0.25, -0.2) is 0 Å². The molecule has 1 fully saturated rings. The van der Waals surface area contributed by atoms with Crippen LogP contribution in [0.15, 0.2) is 54.9 Å². The first-order valence-corrected chi connectivity index (χ1v) is 9.48. The van der Waals surface area contributed by atoms with Crippen LogP contribution in [-0.4, -0.2) is 36.3 Å². The van der Waals surface area contributed by atoms with Crippen molar-refractivity contribution in [3.05, 3.63) is 60.4 Å². The first kappa shape index (κ1) is 19.4. The Morgan fingerprint density at radius 1 is 1.22 bits per heavy atom. The molecule has 1 N–H and O–H groups in total. The third kappa shape index (κ3) is 5.30. The van der Waals surface area contributed by atoms with Crippen molar-refractivity contribution in [2.45, 2.75) is 44.1 Å². The molecule has 0 unspecified atom stereocenters. The van der Waals surface area contributed by atoms with Crippen LogP contribution in [0.5, 0.6) is 5.75 Å². The summed E-state index contributed by atoms with van der Waals surface area (Å²) in [5.41, 5.74) is 1.17. The summed E-state index contributed by atoms with van der Waals surface area (Å²) in [4.78, 5) is 16.1. The molecule has 1 atom stereocenters. The SMILES string of the molecule is CC1(C)C[C@@](CCNC(=O)COc2cccnc2)(c2ccccc2)CCO1. The number of nitrogens with zero attached hydrogens (tertiary/aromatic N) is 1. The van der Waals surface area contributed by atoms with Gasteiger partial charge in [0.25, 0.3) is 5.91 Å². The van der Waals surface area contributed by atoms with Crippen molar-refractivity contribution in [2.75, 3.05) is 19.8 Å². The van der Waals surface area contributed by atoms with Crippen LogP contribution in [0.3, 0.4) is 0 Å². The number of rotatable bonds is 7. The number of nitrogens with one attached hydrogen (secondary N) is 1. The van der Waals surface area contributed by atoms with E-state index in [4.69, 9.17) is 9.47 Å². The number of ether oxygens (including phenoxy) is 2. The van der Waals surface area contributed by atoms with E-state index in [0.29, 0.717) is 12.3 Å². The lowest BCUT2D eigenvalue weighted by Crippen LogP contribution is -2.46. The van der Waals surface area contributed by atoms with Gasteiger partial charge in [0.05, 0.1) is 11.8 Å². The van der Waals surface area contributed by atoms with E-state index in [1.165, 1.54) is 5.56 Å². The molecule has 1 aromatic heterocycles. The summed E-state index contributed by atoms with van der Waals surface area (Å²) in [5.74, 6) is 0.480. The van der Waals surface area contributed by atoms with Crippen molar-refractivity contribution < 1.29 is 14.3 Å². The minimum atomic E-state index is -0.165. The van der Waals surface area contributed by atoms with E-state index < -0.39 is 0 Å². The fraction of sp³-hybridized carbons (Fsp3) is 0.455. The van der Waals surface area contributed by atoms with Crippen LogP contribution in [0.25, 0.3) is 0 Å². The van der Waals surface area contributed by atoms with Crippen LogP contribution in [0, 0.1) is 0 Å². The summed E-state index contributed by atoms with van der Waals surface area (Å²) in [6.45, 7) is 5.63. The molecule has 3 rings (SSSR count). The van der Waals surface area contributed by atoms with Gasteiger partial charge in [-0.2, -0.15) is 0 Å². The normalized spacial score (nSPS) is 21.4. The summed E-state index contributed by atoms with van der Waals surface area (Å²) >= 11 is 0. The standard InChI is InChI=1S/C22H28N2O3/c1-21(2)17-22(11-14-27-21,18-7-4-3-5-8-18)10-13-24-20(25)16-26-19-9-6-12-23-15-19/h3-9,12,15H,10-11,13-14,16-17H2,1-2H3,(H,24,25)/t22-/m0/s1. The van der Waals surface area contributed by atoms with Gasteiger partial charge in [0.2, 0.25) is 0 Å². The molecule has 0 radical (unpaired) electrons. The van der Waals surface area contributed by atoms with Crippen LogP contribution in [0.1, 0.15) is 38.7 Å². The summed E-state index contributed by atoms with van der Waals surface area (Å²) in [6, 6.07) is 14.2. The van der Waals surface area contributed by atoms with Gasteiger partial charge in [-0.1, -0.05) is 30.3 Å². The Hall–Kier alpha value is -2.40. The van der Waals surface area contributed by atoms with Crippen molar-refractivity contribution in [2.24, 2.45) is 0 Å². The average molecular weight is 368 g/mol. The largest absolute Gasteiger partial charge is 0.482 e. The second-order valence-electron chi connectivity index (χ2n) is 7.76. The molecule has 1 amide bonds. The lowest BCUT2D eigenvalue weighted by atomic mass is 9.67. The van der Waals surface area contributed by atoms with Crippen molar-refractivity contribution >= 4 is 5.91 Å². The van der Waals surface area contributed by atoms with Crippen molar-refractivity contribution in [3.8, 4) is 5.75 Å². The number of carbonyl (C=O) groups excluding carboxylic acids is 1. The first-order chi connectivity index (χ1) is 13.0. The van der Waals surface area contributed by atoms with Gasteiger partial charge in [-0.05, 0) is 50.8 Å². The zero-order chi connectivity index (χ0) is 19.2. The van der Waals surface area contributed by atoms with E-state index in [-0.39, 0.29) is 23.5 Å². The average Bonchev–Trinajstić information content (AvgIpc) is 2.67. The van der Waals surface area contributed by atoms with Gasteiger partial charge in [0.15, 0.2) is 6.61 Å². The predicted molar refractivity (Wildman–Crippen MR) is 105 cm³/mol. The molecule has 1 aliphatic heterocycles. The van der Waals surface area contributed by atoms with E-state index in [9.17, 15) is 4.79 Å². The monoisotopic (exact) mass is 368 g/mol. The molecule has 5 nitrogen and oxygen atoms in total. The Morgan fingerprint density at radius 3 is 2.74 bits per heavy atom. The number of pyridine rings is 1. The molecule has 0 saturated carbocycles. The fourth-order valence-corrected chi connectivity index (χ4v) is 3.95. The van der Waals surface area contributed by atoms with E-state index in [0.717, 1.165) is 25.9 Å². The van der Waals surface area contributed by atoms with Crippen LogP contribution in [-0.2, 0) is 14.9 Å². The number of benzene rings is 1. The molecule has 2 heterocycles. The van der Waals surface area contributed by atoms with Crippen molar-refractivity contribution in [3.63, 3.8) is 0 Å². The van der Waals surface area contributed by atoms with E-state index in [1.54, 1.807) is 24.5 Å². The summed E-state index contributed by atoms with van der Waals surface area (Å²) in [7, 11) is 0. The number of carbonyl (C=O) groups is 1. The van der Waals surface area contributed by atoms with Gasteiger partial charge in [0, 0.05) is 24.8 Å². The first-order valence-electron chi connectivity index (χ1n) is 9.48. The van der Waals surface area contributed by atoms with Gasteiger partial charge >= 0.3 is 0 Å². The Morgan fingerprint density at radius 2 is 2.04 bits per heavy atom. The van der Waals surface area contributed by atoms with Crippen LogP contribution in [0.2, 0.25) is 0 Å². The molecule has 0 aliphatic carbocycles. The topological polar surface area (TPSA) is 60.5 Å². The molecule has 1 aliphatic rings. The third-order valence-corrected chi connectivity index (χ3v) is 5.15. The minimum absolute atomic E-state index is 0.00135. The van der Waals surface area contributed by atoms with E-state index >= 15 is 0 Å². The highest BCUT2D eigenvalue weighted by Crippen LogP contribution is 2.43. The highest BCUT2D eigenvalue weighted by atomic mass is 16.5. The second kappa shape index (κ2) is 8.53. The lowest BCUT2D eigenvalue weighted by Gasteiger charge is -2.45. The van der Waals surface area contributed by atoms with E-state index in [1.807, 2.05) is 6.07 Å². The Bertz CT molecular complexity index is 734. The van der Waals surface area contributed by atoms with Crippen LogP contribution < -0.4 is 10.1 Å². The van der Waals surface area contributed by atoms with E-state index in [2.05, 4.69) is 48.4 Å². The Kier molecular flexibility index (Phi) is 6.11. The molecule has 27 heavy (non-hydrogen) atoms. The lowest BCUT2D eigenvalue weighted by molar-refractivity contribution is -0.123. The quantitative estimate of drug-likeness (QED) is 0.813. The van der Waals surface area contributed by atoms with Gasteiger partial charge in [-0.3, -0.25) is 9.78 Å². The summed E-state index contributed by atoms with van der Waals surface area (Å²) in [6.07, 6.45) is 6.05. The molecule has 1 saturated heterocycles. The zero-order valence-electron chi connectivity index (χ0n) is 16.1. The van der Waals surface area contributed by atoms with Crippen LogP contribution in [0.4, 0.5) is 0 Å². The van der Waals surface area contributed by atoms with Gasteiger partial charge in [0.1, 0.15) is 5.75 Å². The maximum Gasteiger partial charge on any atom is 0.257 e. The molecular weight excluding hydrogens is 340 g/mol. The van der Waals surface area contributed by atoms with Crippen molar-refractivity contribution in [1.29, 1.82) is 0 Å². The summed E-state index contributed by atoms with van der Waals surface area (Å²) in [5, 5.41) is 3.00. The smallest absolute Gasteiger partial charge is 0.257 e. The highest BCUT2D eigenvalue weighted by molar-refractivity contribution is 5.77. The maximum absolute atomic E-state index is 12.1. The molecule has 144 valence electrons. The molecular formula is C22H28N2O3. The second-order valence-corrected chi connectivity index (χ2v) is 7.76. The molecule has 2 aromatic rings. The molecule has 5 heteroatoms. The van der Waals surface area contributed by atoms with Crippen molar-refractivity contribution in [1.82, 2.24) is 10.3 Å². The number of amides is 1. The number of hydrogen-bond acceptors (Lipinski definition) is 4. The zero-order valence-corrected chi connectivity index (χ0v) is 16.1.